The molecule has 0 aliphatic carbocycles. The molecule has 1 aromatic carbocycles. The maximum atomic E-state index is 12.4. The molecule has 1 heterocycles. The van der Waals surface area contributed by atoms with Crippen LogP contribution in [-0.4, -0.2) is 12.5 Å². The van der Waals surface area contributed by atoms with Gasteiger partial charge in [0.25, 0.3) is 5.69 Å². The van der Waals surface area contributed by atoms with E-state index < -0.39 is 0 Å². The van der Waals surface area contributed by atoms with Crippen LogP contribution in [0.15, 0.2) is 42.6 Å². The molecule has 0 saturated carbocycles. The van der Waals surface area contributed by atoms with E-state index in [1.54, 1.807) is 0 Å². The van der Waals surface area contributed by atoms with Crippen molar-refractivity contribution in [2.75, 3.05) is 6.61 Å². The largest absolute Gasteiger partial charge is 0.494 e. The number of nitrogens with one attached hydrogen (secondary N) is 1. The zero-order chi connectivity index (χ0) is 23.7. The molecular weight excluding hydrogens is 408 g/mol. The van der Waals surface area contributed by atoms with E-state index in [4.69, 9.17) is 4.74 Å². The van der Waals surface area contributed by atoms with Crippen molar-refractivity contribution in [3.8, 4) is 5.75 Å². The molecule has 0 saturated heterocycles. The lowest BCUT2D eigenvalue weighted by atomic mass is 10.1. The first-order valence-electron chi connectivity index (χ1n) is 13.1. The first kappa shape index (κ1) is 26.9. The molecule has 33 heavy (non-hydrogen) atoms. The van der Waals surface area contributed by atoms with E-state index in [2.05, 4.69) is 31.3 Å². The first-order chi connectivity index (χ1) is 16.1. The zero-order valence-electron chi connectivity index (χ0n) is 21.2. The summed E-state index contributed by atoms with van der Waals surface area (Å²) in [5.74, 6) is 0.852. The van der Waals surface area contributed by atoms with Gasteiger partial charge in [-0.1, -0.05) is 83.6 Å². The highest BCUT2D eigenvalue weighted by molar-refractivity contribution is 5.90. The lowest BCUT2D eigenvalue weighted by Crippen LogP contribution is -2.40. The van der Waals surface area contributed by atoms with Crippen LogP contribution in [0.5, 0.6) is 5.75 Å². The number of nitrogens with zero attached hydrogens (tertiary/aromatic N) is 1. The summed E-state index contributed by atoms with van der Waals surface area (Å²) in [6.07, 6.45) is 18.1. The van der Waals surface area contributed by atoms with Crippen molar-refractivity contribution in [3.63, 3.8) is 0 Å². The fraction of sp³-hybridized carbons (Fsp3) is 0.586. The number of ether oxygens (including phenoxy) is 1. The van der Waals surface area contributed by atoms with E-state index in [0.717, 1.165) is 29.9 Å². The van der Waals surface area contributed by atoms with Crippen LogP contribution >= 0.6 is 0 Å². The van der Waals surface area contributed by atoms with Crippen LogP contribution in [0, 0.1) is 6.92 Å². The van der Waals surface area contributed by atoms with Gasteiger partial charge in [-0.15, -0.1) is 0 Å². The molecule has 0 spiro atoms. The van der Waals surface area contributed by atoms with Crippen molar-refractivity contribution in [3.05, 3.63) is 59.4 Å². The quantitative estimate of drug-likeness (QED) is 0.211. The highest BCUT2D eigenvalue weighted by atomic mass is 16.5. The molecule has 0 bridgehead atoms. The second kappa shape index (κ2) is 16.3. The number of hydrogen-bond donors (Lipinski definition) is 1. The monoisotopic (exact) mass is 453 g/mol. The average Bonchev–Trinajstić information content (AvgIpc) is 2.81. The third-order valence-electron chi connectivity index (χ3n) is 6.31. The van der Waals surface area contributed by atoms with E-state index in [1.807, 2.05) is 42.1 Å². The Morgan fingerprint density at radius 1 is 0.879 bits per heavy atom. The number of rotatable bonds is 17. The number of carbonyl (C=O) groups excluding carboxylic acids is 1. The summed E-state index contributed by atoms with van der Waals surface area (Å²) in [4.78, 5) is 12.4. The minimum atomic E-state index is -0.0650. The zero-order valence-corrected chi connectivity index (χ0v) is 21.2. The molecule has 2 aromatic rings. The van der Waals surface area contributed by atoms with Gasteiger partial charge in [0.15, 0.2) is 6.20 Å². The van der Waals surface area contributed by atoms with Gasteiger partial charge in [0.1, 0.15) is 12.8 Å². The Balaban J connectivity index is 1.55. The predicted molar refractivity (Wildman–Crippen MR) is 137 cm³/mol. The van der Waals surface area contributed by atoms with Crippen molar-refractivity contribution in [2.45, 2.75) is 97.4 Å². The normalized spacial score (nSPS) is 10.9. The van der Waals surface area contributed by atoms with E-state index in [0.29, 0.717) is 12.2 Å². The molecular formula is C29H45N2O2+. The van der Waals surface area contributed by atoms with Gasteiger partial charge in [0, 0.05) is 18.7 Å². The van der Waals surface area contributed by atoms with Gasteiger partial charge in [0.2, 0.25) is 0 Å². The van der Waals surface area contributed by atoms with Crippen LogP contribution in [0.4, 0.5) is 0 Å². The maximum Gasteiger partial charge on any atom is 0.316 e. The molecule has 0 unspecified atom stereocenters. The number of carbonyl (C=O) groups is 1. The van der Waals surface area contributed by atoms with E-state index in [-0.39, 0.29) is 5.91 Å². The van der Waals surface area contributed by atoms with Gasteiger partial charge in [0.05, 0.1) is 6.61 Å². The van der Waals surface area contributed by atoms with Crippen LogP contribution in [-0.2, 0) is 13.6 Å². The molecule has 0 atom stereocenters. The van der Waals surface area contributed by atoms with Crippen LogP contribution in [0.2, 0.25) is 0 Å². The van der Waals surface area contributed by atoms with Crippen LogP contribution in [0.25, 0.3) is 0 Å². The first-order valence-corrected chi connectivity index (χ1v) is 13.1. The van der Waals surface area contributed by atoms with Crippen molar-refractivity contribution < 1.29 is 14.1 Å². The molecule has 0 aliphatic rings. The van der Waals surface area contributed by atoms with Crippen LogP contribution < -0.4 is 14.6 Å². The highest BCUT2D eigenvalue weighted by Crippen LogP contribution is 2.18. The van der Waals surface area contributed by atoms with Gasteiger partial charge in [-0.25, -0.2) is 0 Å². The standard InChI is InChI=1S/C29H44N2O2/c1-4-5-6-7-8-9-10-11-12-13-14-17-22-33-27-20-19-26(25(2)23-27)24-30-29(32)28-18-15-16-21-31(28)3/h15-16,18-21,23H,4-14,17,22,24H2,1-3H3/p+1. The predicted octanol–water partition coefficient (Wildman–Crippen LogP) is 6.83. The Bertz CT molecular complexity index is 819. The Morgan fingerprint density at radius 3 is 2.12 bits per heavy atom. The summed E-state index contributed by atoms with van der Waals surface area (Å²) in [6.45, 7) is 5.63. The summed E-state index contributed by atoms with van der Waals surface area (Å²) in [5, 5.41) is 3.01. The van der Waals surface area contributed by atoms with Crippen LogP contribution in [0.1, 0.15) is 106 Å². The maximum absolute atomic E-state index is 12.4. The lowest BCUT2D eigenvalue weighted by Gasteiger charge is -2.11. The minimum Gasteiger partial charge on any atom is -0.494 e. The van der Waals surface area contributed by atoms with Gasteiger partial charge in [-0.3, -0.25) is 4.79 Å². The molecule has 1 amide bonds. The highest BCUT2D eigenvalue weighted by Gasteiger charge is 2.15. The van der Waals surface area contributed by atoms with Gasteiger partial charge >= 0.3 is 5.91 Å². The number of pyridine rings is 1. The van der Waals surface area contributed by atoms with Crippen molar-refractivity contribution in [2.24, 2.45) is 7.05 Å². The molecule has 1 aromatic heterocycles. The second-order valence-corrected chi connectivity index (χ2v) is 9.21. The van der Waals surface area contributed by atoms with E-state index in [9.17, 15) is 4.79 Å². The number of aryl methyl sites for hydroxylation is 2. The summed E-state index contributed by atoms with van der Waals surface area (Å²) in [7, 11) is 1.88. The molecule has 0 fully saturated rings. The van der Waals surface area contributed by atoms with Crippen LogP contribution in [0.3, 0.4) is 0 Å². The summed E-state index contributed by atoms with van der Waals surface area (Å²) >= 11 is 0. The molecule has 1 N–H and O–H groups in total. The van der Waals surface area contributed by atoms with Gasteiger partial charge in [-0.2, -0.15) is 4.57 Å². The third kappa shape index (κ3) is 10.9. The minimum absolute atomic E-state index is 0.0650. The Kier molecular flexibility index (Phi) is 13.3. The smallest absolute Gasteiger partial charge is 0.316 e. The molecule has 2 rings (SSSR count). The summed E-state index contributed by atoms with van der Waals surface area (Å²) in [6, 6.07) is 11.8. The fourth-order valence-corrected chi connectivity index (χ4v) is 4.11. The molecule has 0 aliphatic heterocycles. The number of unbranched alkanes of at least 4 members (excludes halogenated alkanes) is 11. The third-order valence-corrected chi connectivity index (χ3v) is 6.31. The fourth-order valence-electron chi connectivity index (χ4n) is 4.11. The molecule has 4 heteroatoms. The SMILES string of the molecule is CCCCCCCCCCCCCCOc1ccc(CNC(=O)c2cccc[n+]2C)c(C)c1. The summed E-state index contributed by atoms with van der Waals surface area (Å²) < 4.78 is 7.78. The number of hydrogen-bond acceptors (Lipinski definition) is 2. The lowest BCUT2D eigenvalue weighted by molar-refractivity contribution is -0.673. The van der Waals surface area contributed by atoms with E-state index >= 15 is 0 Å². The molecule has 182 valence electrons. The Hall–Kier alpha value is -2.36. The number of aromatic nitrogens is 1. The number of amides is 1. The second-order valence-electron chi connectivity index (χ2n) is 9.21. The van der Waals surface area contributed by atoms with E-state index in [1.165, 1.54) is 70.6 Å². The van der Waals surface area contributed by atoms with Crippen molar-refractivity contribution in [1.29, 1.82) is 0 Å². The molecule has 0 radical (unpaired) electrons. The average molecular weight is 454 g/mol. The van der Waals surface area contributed by atoms with Gasteiger partial charge < -0.3 is 10.1 Å². The number of benzene rings is 1. The Morgan fingerprint density at radius 2 is 1.52 bits per heavy atom. The topological polar surface area (TPSA) is 42.2 Å². The molecule has 4 nitrogen and oxygen atoms in total. The summed E-state index contributed by atoms with van der Waals surface area (Å²) in [5.41, 5.74) is 2.90. The van der Waals surface area contributed by atoms with Crippen molar-refractivity contribution >= 4 is 5.91 Å². The Labute approximate surface area is 201 Å². The van der Waals surface area contributed by atoms with Gasteiger partial charge in [-0.05, 0) is 42.7 Å². The van der Waals surface area contributed by atoms with Crippen molar-refractivity contribution in [1.82, 2.24) is 5.32 Å².